The first-order valence-electron chi connectivity index (χ1n) is 5.63. The Morgan fingerprint density at radius 3 is 3.00 bits per heavy atom. The molecule has 1 rings (SSSR count). The van der Waals surface area contributed by atoms with Crippen LogP contribution in [0.4, 0.5) is 0 Å². The third kappa shape index (κ3) is 4.15. The van der Waals surface area contributed by atoms with Gasteiger partial charge in [0.1, 0.15) is 0 Å². The molecule has 2 atom stereocenters. The molecule has 1 fully saturated rings. The SMILES string of the molecule is CCC[C@@H](NC[C@H]1CCCO1)C(=O)NN. The van der Waals surface area contributed by atoms with Gasteiger partial charge in [0, 0.05) is 13.2 Å². The van der Waals surface area contributed by atoms with E-state index >= 15 is 0 Å². The summed E-state index contributed by atoms with van der Waals surface area (Å²) >= 11 is 0. The van der Waals surface area contributed by atoms with Gasteiger partial charge < -0.3 is 10.1 Å². The van der Waals surface area contributed by atoms with Crippen LogP contribution in [-0.4, -0.2) is 31.2 Å². The summed E-state index contributed by atoms with van der Waals surface area (Å²) < 4.78 is 5.47. The highest BCUT2D eigenvalue weighted by Crippen LogP contribution is 2.11. The molecule has 4 N–H and O–H groups in total. The topological polar surface area (TPSA) is 76.4 Å². The standard InChI is InChI=1S/C10H21N3O2/c1-2-4-9(10(14)13-11)12-7-8-5-3-6-15-8/h8-9,12H,2-7,11H2,1H3,(H,13,14)/t8-,9-/m1/s1. The molecule has 1 saturated heterocycles. The van der Waals surface area contributed by atoms with E-state index in [1.165, 1.54) is 0 Å². The molecule has 0 saturated carbocycles. The van der Waals surface area contributed by atoms with E-state index in [0.29, 0.717) is 0 Å². The van der Waals surface area contributed by atoms with E-state index in [-0.39, 0.29) is 18.1 Å². The zero-order valence-electron chi connectivity index (χ0n) is 9.29. The van der Waals surface area contributed by atoms with Crippen LogP contribution in [-0.2, 0) is 9.53 Å². The molecule has 0 radical (unpaired) electrons. The third-order valence-electron chi connectivity index (χ3n) is 2.65. The van der Waals surface area contributed by atoms with Gasteiger partial charge in [0.2, 0.25) is 0 Å². The lowest BCUT2D eigenvalue weighted by atomic mass is 10.1. The maximum absolute atomic E-state index is 11.4. The van der Waals surface area contributed by atoms with Crippen molar-refractivity contribution in [3.05, 3.63) is 0 Å². The minimum Gasteiger partial charge on any atom is -0.377 e. The Hall–Kier alpha value is -0.650. The number of hydrogen-bond acceptors (Lipinski definition) is 4. The molecule has 1 aliphatic rings. The van der Waals surface area contributed by atoms with Crippen molar-refractivity contribution in [3.63, 3.8) is 0 Å². The molecule has 0 spiro atoms. The monoisotopic (exact) mass is 215 g/mol. The molecule has 5 nitrogen and oxygen atoms in total. The molecular weight excluding hydrogens is 194 g/mol. The van der Waals surface area contributed by atoms with Gasteiger partial charge in [-0.05, 0) is 19.3 Å². The van der Waals surface area contributed by atoms with E-state index < -0.39 is 0 Å². The van der Waals surface area contributed by atoms with Crippen molar-refractivity contribution in [2.24, 2.45) is 5.84 Å². The second kappa shape index (κ2) is 6.76. The number of amides is 1. The van der Waals surface area contributed by atoms with Crippen molar-refractivity contribution in [1.82, 2.24) is 10.7 Å². The van der Waals surface area contributed by atoms with Crippen LogP contribution in [0.25, 0.3) is 0 Å². The van der Waals surface area contributed by atoms with Gasteiger partial charge in [-0.25, -0.2) is 5.84 Å². The first kappa shape index (κ1) is 12.4. The first-order valence-corrected chi connectivity index (χ1v) is 5.63. The molecule has 15 heavy (non-hydrogen) atoms. The zero-order valence-corrected chi connectivity index (χ0v) is 9.29. The Labute approximate surface area is 90.7 Å². The second-order valence-electron chi connectivity index (χ2n) is 3.89. The summed E-state index contributed by atoms with van der Waals surface area (Å²) in [6.07, 6.45) is 4.21. The maximum Gasteiger partial charge on any atom is 0.251 e. The van der Waals surface area contributed by atoms with Crippen LogP contribution in [0.5, 0.6) is 0 Å². The van der Waals surface area contributed by atoms with Gasteiger partial charge in [0.05, 0.1) is 12.1 Å². The summed E-state index contributed by atoms with van der Waals surface area (Å²) in [5.41, 5.74) is 2.18. The Balaban J connectivity index is 2.26. The summed E-state index contributed by atoms with van der Waals surface area (Å²) in [5.74, 6) is 4.97. The number of nitrogens with two attached hydrogens (primary N) is 1. The number of hydrazine groups is 1. The predicted molar refractivity (Wildman–Crippen MR) is 58.0 cm³/mol. The molecule has 5 heteroatoms. The summed E-state index contributed by atoms with van der Waals surface area (Å²) in [6, 6.07) is -0.191. The quantitative estimate of drug-likeness (QED) is 0.329. The number of rotatable bonds is 6. The van der Waals surface area contributed by atoms with Crippen molar-refractivity contribution >= 4 is 5.91 Å². The minimum absolute atomic E-state index is 0.144. The van der Waals surface area contributed by atoms with Gasteiger partial charge in [-0.1, -0.05) is 13.3 Å². The summed E-state index contributed by atoms with van der Waals surface area (Å²) in [5, 5.41) is 3.20. The summed E-state index contributed by atoms with van der Waals surface area (Å²) in [7, 11) is 0. The Kier molecular flexibility index (Phi) is 5.60. The second-order valence-corrected chi connectivity index (χ2v) is 3.89. The van der Waals surface area contributed by atoms with Gasteiger partial charge >= 0.3 is 0 Å². The molecule has 0 unspecified atom stereocenters. The van der Waals surface area contributed by atoms with Crippen molar-refractivity contribution < 1.29 is 9.53 Å². The van der Waals surface area contributed by atoms with E-state index in [1.807, 2.05) is 6.92 Å². The van der Waals surface area contributed by atoms with Gasteiger partial charge in [0.15, 0.2) is 0 Å². The fraction of sp³-hybridized carbons (Fsp3) is 0.900. The molecule has 1 amide bonds. The highest BCUT2D eigenvalue weighted by atomic mass is 16.5. The molecule has 0 aromatic heterocycles. The number of ether oxygens (including phenoxy) is 1. The van der Waals surface area contributed by atoms with E-state index in [9.17, 15) is 4.79 Å². The molecular formula is C10H21N3O2. The molecule has 0 aromatic carbocycles. The van der Waals surface area contributed by atoms with Crippen molar-refractivity contribution in [3.8, 4) is 0 Å². The first-order chi connectivity index (χ1) is 7.27. The summed E-state index contributed by atoms with van der Waals surface area (Å²) in [6.45, 7) is 3.62. The van der Waals surface area contributed by atoms with Crippen molar-refractivity contribution in [2.45, 2.75) is 44.8 Å². The van der Waals surface area contributed by atoms with Crippen LogP contribution in [0.2, 0.25) is 0 Å². The van der Waals surface area contributed by atoms with Crippen LogP contribution in [0.15, 0.2) is 0 Å². The van der Waals surface area contributed by atoms with E-state index in [1.54, 1.807) is 0 Å². The molecule has 88 valence electrons. The van der Waals surface area contributed by atoms with E-state index in [0.717, 1.165) is 38.8 Å². The molecule has 1 heterocycles. The average Bonchev–Trinajstić information content (AvgIpc) is 2.76. The highest BCUT2D eigenvalue weighted by Gasteiger charge is 2.20. The molecule has 0 aromatic rings. The molecule has 0 aliphatic carbocycles. The van der Waals surface area contributed by atoms with Crippen LogP contribution >= 0.6 is 0 Å². The Morgan fingerprint density at radius 2 is 2.47 bits per heavy atom. The highest BCUT2D eigenvalue weighted by molar-refractivity contribution is 5.81. The zero-order chi connectivity index (χ0) is 11.1. The van der Waals surface area contributed by atoms with Gasteiger partial charge in [0.25, 0.3) is 5.91 Å². The van der Waals surface area contributed by atoms with Crippen LogP contribution in [0.3, 0.4) is 0 Å². The number of hydrogen-bond donors (Lipinski definition) is 3. The van der Waals surface area contributed by atoms with E-state index in [4.69, 9.17) is 10.6 Å². The lowest BCUT2D eigenvalue weighted by Gasteiger charge is -2.18. The maximum atomic E-state index is 11.4. The normalized spacial score (nSPS) is 22.7. The lowest BCUT2D eigenvalue weighted by Crippen LogP contribution is -2.48. The van der Waals surface area contributed by atoms with Gasteiger partial charge in [-0.3, -0.25) is 10.2 Å². The predicted octanol–water partition coefficient (Wildman–Crippen LogP) is -0.0864. The third-order valence-corrected chi connectivity index (χ3v) is 2.65. The van der Waals surface area contributed by atoms with Crippen LogP contribution in [0.1, 0.15) is 32.6 Å². The van der Waals surface area contributed by atoms with Gasteiger partial charge in [-0.15, -0.1) is 0 Å². The lowest BCUT2D eigenvalue weighted by molar-refractivity contribution is -0.123. The number of carbonyl (C=O) groups is 1. The molecule has 0 bridgehead atoms. The van der Waals surface area contributed by atoms with Crippen molar-refractivity contribution in [2.75, 3.05) is 13.2 Å². The number of carbonyl (C=O) groups excluding carboxylic acids is 1. The largest absolute Gasteiger partial charge is 0.377 e. The van der Waals surface area contributed by atoms with E-state index in [2.05, 4.69) is 10.7 Å². The fourth-order valence-corrected chi connectivity index (χ4v) is 1.79. The Bertz CT molecular complexity index is 193. The Morgan fingerprint density at radius 1 is 1.67 bits per heavy atom. The smallest absolute Gasteiger partial charge is 0.251 e. The summed E-state index contributed by atoms with van der Waals surface area (Å²) in [4.78, 5) is 11.4. The van der Waals surface area contributed by atoms with Crippen LogP contribution in [0, 0.1) is 0 Å². The van der Waals surface area contributed by atoms with Crippen LogP contribution < -0.4 is 16.6 Å². The van der Waals surface area contributed by atoms with Gasteiger partial charge in [-0.2, -0.15) is 0 Å². The molecule has 1 aliphatic heterocycles. The average molecular weight is 215 g/mol. The minimum atomic E-state index is -0.191. The fourth-order valence-electron chi connectivity index (χ4n) is 1.79. The number of nitrogens with one attached hydrogen (secondary N) is 2. The van der Waals surface area contributed by atoms with Crippen molar-refractivity contribution in [1.29, 1.82) is 0 Å².